The summed E-state index contributed by atoms with van der Waals surface area (Å²) in [5, 5.41) is 3.64. The van der Waals surface area contributed by atoms with Crippen molar-refractivity contribution in [1.82, 2.24) is 5.32 Å². The predicted molar refractivity (Wildman–Crippen MR) is 47.5 cm³/mol. The predicted octanol–water partition coefficient (Wildman–Crippen LogP) is 2.17. The summed E-state index contributed by atoms with van der Waals surface area (Å²) in [6, 6.07) is 0.889. The van der Waals surface area contributed by atoms with Crippen molar-refractivity contribution in [3.8, 4) is 0 Å². The fourth-order valence-electron chi connectivity index (χ4n) is 2.74. The number of hydrogen-bond donors (Lipinski definition) is 1. The molecule has 1 saturated carbocycles. The lowest BCUT2D eigenvalue weighted by Gasteiger charge is -2.38. The Morgan fingerprint density at radius 1 is 1.18 bits per heavy atom. The third-order valence-electron chi connectivity index (χ3n) is 3.40. The Bertz CT molecular complexity index is 133. The van der Waals surface area contributed by atoms with E-state index in [2.05, 4.69) is 12.2 Å². The quantitative estimate of drug-likeness (QED) is 0.562. The van der Waals surface area contributed by atoms with E-state index in [1.54, 1.807) is 0 Å². The zero-order chi connectivity index (χ0) is 7.68. The minimum absolute atomic E-state index is 0.889. The van der Waals surface area contributed by atoms with Crippen molar-refractivity contribution < 1.29 is 0 Å². The minimum Gasteiger partial charge on any atom is -0.314 e. The van der Waals surface area contributed by atoms with Gasteiger partial charge in [0.05, 0.1) is 0 Å². The summed E-state index contributed by atoms with van der Waals surface area (Å²) < 4.78 is 0. The Morgan fingerprint density at radius 2 is 2.09 bits per heavy atom. The molecule has 0 bridgehead atoms. The highest BCUT2D eigenvalue weighted by Crippen LogP contribution is 2.33. The van der Waals surface area contributed by atoms with E-state index in [1.807, 2.05) is 0 Å². The summed E-state index contributed by atoms with van der Waals surface area (Å²) in [4.78, 5) is 0. The van der Waals surface area contributed by atoms with Gasteiger partial charge in [-0.3, -0.25) is 0 Å². The maximum Gasteiger partial charge on any atom is 0.00955 e. The molecule has 2 rings (SSSR count). The molecule has 1 N–H and O–H groups in total. The fraction of sp³-hybridized carbons (Fsp3) is 1.00. The van der Waals surface area contributed by atoms with Crippen molar-refractivity contribution in [1.29, 1.82) is 0 Å². The van der Waals surface area contributed by atoms with Crippen LogP contribution < -0.4 is 5.32 Å². The maximum absolute atomic E-state index is 3.64. The summed E-state index contributed by atoms with van der Waals surface area (Å²) in [6.45, 7) is 3.68. The second-order valence-electron chi connectivity index (χ2n) is 4.38. The Hall–Kier alpha value is -0.0400. The Balaban J connectivity index is 1.93. The second kappa shape index (κ2) is 3.14. The van der Waals surface area contributed by atoms with Crippen molar-refractivity contribution >= 4 is 0 Å². The molecule has 11 heavy (non-hydrogen) atoms. The molecular weight excluding hydrogens is 134 g/mol. The van der Waals surface area contributed by atoms with Crippen LogP contribution in [0.5, 0.6) is 0 Å². The van der Waals surface area contributed by atoms with Crippen LogP contribution in [-0.4, -0.2) is 12.6 Å². The van der Waals surface area contributed by atoms with Gasteiger partial charge < -0.3 is 5.32 Å². The molecule has 1 aliphatic carbocycles. The number of rotatable bonds is 0. The van der Waals surface area contributed by atoms with Crippen molar-refractivity contribution in [3.63, 3.8) is 0 Å². The molecule has 0 aromatic rings. The molecule has 0 spiro atoms. The summed E-state index contributed by atoms with van der Waals surface area (Å²) in [5.41, 5.74) is 0. The first-order chi connectivity index (χ1) is 5.36. The molecule has 0 aromatic carbocycles. The van der Waals surface area contributed by atoms with Crippen LogP contribution in [0.25, 0.3) is 0 Å². The highest BCUT2D eigenvalue weighted by atomic mass is 14.9. The minimum atomic E-state index is 0.889. The highest BCUT2D eigenvalue weighted by Gasteiger charge is 2.29. The molecular formula is C10H19N. The van der Waals surface area contributed by atoms with E-state index in [9.17, 15) is 0 Å². The van der Waals surface area contributed by atoms with Gasteiger partial charge in [-0.2, -0.15) is 0 Å². The van der Waals surface area contributed by atoms with E-state index in [1.165, 1.54) is 38.6 Å². The fourth-order valence-corrected chi connectivity index (χ4v) is 2.74. The van der Waals surface area contributed by atoms with Crippen molar-refractivity contribution in [3.05, 3.63) is 0 Å². The maximum atomic E-state index is 3.64. The zero-order valence-electron chi connectivity index (χ0n) is 7.47. The normalized spacial score (nSPS) is 45.0. The van der Waals surface area contributed by atoms with Gasteiger partial charge in [0, 0.05) is 6.04 Å². The smallest absolute Gasteiger partial charge is 0.00955 e. The van der Waals surface area contributed by atoms with Crippen LogP contribution in [0.3, 0.4) is 0 Å². The van der Waals surface area contributed by atoms with Gasteiger partial charge in [-0.05, 0) is 50.5 Å². The van der Waals surface area contributed by atoms with Gasteiger partial charge >= 0.3 is 0 Å². The Labute approximate surface area is 69.6 Å². The van der Waals surface area contributed by atoms with Crippen LogP contribution in [0.4, 0.5) is 0 Å². The van der Waals surface area contributed by atoms with Gasteiger partial charge in [0.15, 0.2) is 0 Å². The lowest BCUT2D eigenvalue weighted by molar-refractivity contribution is 0.173. The first kappa shape index (κ1) is 7.60. The SMILES string of the molecule is CC1CCC2NCCCC2C1. The Kier molecular flexibility index (Phi) is 2.17. The largest absolute Gasteiger partial charge is 0.314 e. The molecule has 64 valence electrons. The van der Waals surface area contributed by atoms with Crippen LogP contribution in [-0.2, 0) is 0 Å². The molecule has 3 atom stereocenters. The molecule has 2 aliphatic rings. The summed E-state index contributed by atoms with van der Waals surface area (Å²) in [6.07, 6.45) is 7.27. The van der Waals surface area contributed by atoms with Gasteiger partial charge in [-0.15, -0.1) is 0 Å². The lowest BCUT2D eigenvalue weighted by atomic mass is 9.75. The van der Waals surface area contributed by atoms with Gasteiger partial charge in [0.2, 0.25) is 0 Å². The molecule has 1 heteroatoms. The summed E-state index contributed by atoms with van der Waals surface area (Å²) in [7, 11) is 0. The molecule has 2 fully saturated rings. The monoisotopic (exact) mass is 153 g/mol. The van der Waals surface area contributed by atoms with Crippen LogP contribution in [0.1, 0.15) is 39.0 Å². The molecule has 0 amide bonds. The Morgan fingerprint density at radius 3 is 3.00 bits per heavy atom. The molecule has 0 radical (unpaired) electrons. The van der Waals surface area contributed by atoms with Crippen LogP contribution in [0.15, 0.2) is 0 Å². The molecule has 1 nitrogen and oxygen atoms in total. The van der Waals surface area contributed by atoms with Crippen LogP contribution in [0, 0.1) is 11.8 Å². The number of fused-ring (bicyclic) bond motifs is 1. The number of nitrogens with one attached hydrogen (secondary N) is 1. The van der Waals surface area contributed by atoms with Gasteiger partial charge in [0.1, 0.15) is 0 Å². The standard InChI is InChI=1S/C10H19N/c1-8-4-5-10-9(7-8)3-2-6-11-10/h8-11H,2-7H2,1H3. The first-order valence-electron chi connectivity index (χ1n) is 5.09. The third-order valence-corrected chi connectivity index (χ3v) is 3.40. The van der Waals surface area contributed by atoms with E-state index < -0.39 is 0 Å². The average molecular weight is 153 g/mol. The molecule has 1 heterocycles. The number of hydrogen-bond acceptors (Lipinski definition) is 1. The molecule has 1 aliphatic heterocycles. The van der Waals surface area contributed by atoms with E-state index >= 15 is 0 Å². The second-order valence-corrected chi connectivity index (χ2v) is 4.38. The summed E-state index contributed by atoms with van der Waals surface area (Å²) >= 11 is 0. The summed E-state index contributed by atoms with van der Waals surface area (Å²) in [5.74, 6) is 2.02. The van der Waals surface area contributed by atoms with Crippen molar-refractivity contribution in [2.75, 3.05) is 6.54 Å². The van der Waals surface area contributed by atoms with Crippen LogP contribution >= 0.6 is 0 Å². The zero-order valence-corrected chi connectivity index (χ0v) is 7.47. The van der Waals surface area contributed by atoms with E-state index in [4.69, 9.17) is 0 Å². The van der Waals surface area contributed by atoms with Crippen molar-refractivity contribution in [2.45, 2.75) is 45.1 Å². The van der Waals surface area contributed by atoms with Gasteiger partial charge in [0.25, 0.3) is 0 Å². The first-order valence-corrected chi connectivity index (χ1v) is 5.09. The van der Waals surface area contributed by atoms with Gasteiger partial charge in [-0.25, -0.2) is 0 Å². The third kappa shape index (κ3) is 1.58. The van der Waals surface area contributed by atoms with E-state index in [0.717, 1.165) is 17.9 Å². The van der Waals surface area contributed by atoms with E-state index in [-0.39, 0.29) is 0 Å². The topological polar surface area (TPSA) is 12.0 Å². The number of piperidine rings is 1. The van der Waals surface area contributed by atoms with Crippen LogP contribution in [0.2, 0.25) is 0 Å². The highest BCUT2D eigenvalue weighted by molar-refractivity contribution is 4.86. The average Bonchev–Trinajstić information content (AvgIpc) is 2.04. The molecule has 1 saturated heterocycles. The molecule has 3 unspecified atom stereocenters. The molecule has 0 aromatic heterocycles. The van der Waals surface area contributed by atoms with Crippen molar-refractivity contribution in [2.24, 2.45) is 11.8 Å². The van der Waals surface area contributed by atoms with E-state index in [0.29, 0.717) is 0 Å². The van der Waals surface area contributed by atoms with Gasteiger partial charge in [-0.1, -0.05) is 6.92 Å². The lowest BCUT2D eigenvalue weighted by Crippen LogP contribution is -2.44.